The van der Waals surface area contributed by atoms with E-state index in [9.17, 15) is 0 Å². The minimum absolute atomic E-state index is 0.406. The van der Waals surface area contributed by atoms with E-state index < -0.39 is 0 Å². The predicted octanol–water partition coefficient (Wildman–Crippen LogP) is 4.42. The van der Waals surface area contributed by atoms with Gasteiger partial charge in [-0.1, -0.05) is 29.8 Å². The monoisotopic (exact) mass is 333 g/mol. The van der Waals surface area contributed by atoms with Crippen molar-refractivity contribution in [1.82, 2.24) is 15.0 Å². The Balaban J connectivity index is 2.32. The standard InChI is InChI=1S/C14H9BrClN3/c1-8-6-10(9-4-2-3-5-12(9)18-8)14-17-7-11(15)13(16)19-14/h2-7H,1H3. The summed E-state index contributed by atoms with van der Waals surface area (Å²) in [7, 11) is 0. The summed E-state index contributed by atoms with van der Waals surface area (Å²) in [5, 5.41) is 1.43. The second-order valence-electron chi connectivity index (χ2n) is 4.16. The number of aryl methyl sites for hydroxylation is 1. The van der Waals surface area contributed by atoms with Crippen molar-refractivity contribution in [1.29, 1.82) is 0 Å². The lowest BCUT2D eigenvalue weighted by Crippen LogP contribution is -1.94. The zero-order valence-corrected chi connectivity index (χ0v) is 12.4. The molecule has 0 aliphatic heterocycles. The van der Waals surface area contributed by atoms with E-state index in [1.165, 1.54) is 0 Å². The SMILES string of the molecule is Cc1cc(-c2ncc(Br)c(Cl)n2)c2ccccc2n1. The number of rotatable bonds is 1. The molecule has 3 nitrogen and oxygen atoms in total. The predicted molar refractivity (Wildman–Crippen MR) is 80.2 cm³/mol. The Morgan fingerprint density at radius 1 is 1.16 bits per heavy atom. The van der Waals surface area contributed by atoms with Crippen molar-refractivity contribution in [3.8, 4) is 11.4 Å². The molecular weight excluding hydrogens is 326 g/mol. The molecule has 0 amide bonds. The maximum atomic E-state index is 6.04. The largest absolute Gasteiger partial charge is 0.253 e. The van der Waals surface area contributed by atoms with Gasteiger partial charge in [-0.05, 0) is 35.0 Å². The summed E-state index contributed by atoms with van der Waals surface area (Å²) in [6, 6.07) is 9.90. The van der Waals surface area contributed by atoms with Crippen LogP contribution >= 0.6 is 27.5 Å². The molecule has 94 valence electrons. The summed E-state index contributed by atoms with van der Waals surface area (Å²) < 4.78 is 0.688. The molecule has 5 heteroatoms. The van der Waals surface area contributed by atoms with Gasteiger partial charge in [-0.2, -0.15) is 0 Å². The molecule has 2 aromatic heterocycles. The summed E-state index contributed by atoms with van der Waals surface area (Å²) in [6.45, 7) is 1.95. The van der Waals surface area contributed by atoms with Crippen molar-refractivity contribution in [3.63, 3.8) is 0 Å². The summed E-state index contributed by atoms with van der Waals surface area (Å²) >= 11 is 9.34. The van der Waals surface area contributed by atoms with E-state index in [0.29, 0.717) is 15.5 Å². The van der Waals surface area contributed by atoms with Crippen LogP contribution < -0.4 is 0 Å². The van der Waals surface area contributed by atoms with Crippen LogP contribution in [-0.4, -0.2) is 15.0 Å². The van der Waals surface area contributed by atoms with Crippen molar-refractivity contribution in [3.05, 3.63) is 51.8 Å². The molecule has 1 aromatic carbocycles. The fourth-order valence-electron chi connectivity index (χ4n) is 1.97. The van der Waals surface area contributed by atoms with Crippen molar-refractivity contribution in [2.24, 2.45) is 0 Å². The smallest absolute Gasteiger partial charge is 0.161 e. The van der Waals surface area contributed by atoms with Crippen LogP contribution in [0.2, 0.25) is 5.15 Å². The number of nitrogens with zero attached hydrogens (tertiary/aromatic N) is 3. The van der Waals surface area contributed by atoms with Crippen molar-refractivity contribution >= 4 is 38.4 Å². The highest BCUT2D eigenvalue weighted by Gasteiger charge is 2.10. The lowest BCUT2D eigenvalue weighted by atomic mass is 10.1. The van der Waals surface area contributed by atoms with Gasteiger partial charge < -0.3 is 0 Å². The number of aromatic nitrogens is 3. The summed E-state index contributed by atoms with van der Waals surface area (Å²) in [4.78, 5) is 13.1. The molecule has 0 fully saturated rings. The van der Waals surface area contributed by atoms with Crippen LogP contribution in [0.1, 0.15) is 5.69 Å². The Labute approximate surface area is 123 Å². The van der Waals surface area contributed by atoms with Gasteiger partial charge in [-0.15, -0.1) is 0 Å². The lowest BCUT2D eigenvalue weighted by molar-refractivity contribution is 1.15. The summed E-state index contributed by atoms with van der Waals surface area (Å²) in [6.07, 6.45) is 1.66. The highest BCUT2D eigenvalue weighted by molar-refractivity contribution is 9.10. The van der Waals surface area contributed by atoms with E-state index in [1.54, 1.807) is 6.20 Å². The normalized spacial score (nSPS) is 10.9. The Hall–Kier alpha value is -1.52. The van der Waals surface area contributed by atoms with Crippen LogP contribution in [0.25, 0.3) is 22.3 Å². The molecule has 0 N–H and O–H groups in total. The van der Waals surface area contributed by atoms with E-state index >= 15 is 0 Å². The minimum atomic E-state index is 0.406. The maximum Gasteiger partial charge on any atom is 0.161 e. The number of para-hydroxylation sites is 1. The molecule has 0 aliphatic carbocycles. The molecule has 0 radical (unpaired) electrons. The van der Waals surface area contributed by atoms with Gasteiger partial charge in [0.25, 0.3) is 0 Å². The molecule has 0 spiro atoms. The number of halogens is 2. The number of pyridine rings is 1. The minimum Gasteiger partial charge on any atom is -0.253 e. The number of benzene rings is 1. The van der Waals surface area contributed by atoms with Gasteiger partial charge in [0.2, 0.25) is 0 Å². The molecule has 0 atom stereocenters. The molecule has 0 unspecified atom stereocenters. The van der Waals surface area contributed by atoms with Gasteiger partial charge in [0, 0.05) is 22.8 Å². The molecular formula is C14H9BrClN3. The second-order valence-corrected chi connectivity index (χ2v) is 5.37. The van der Waals surface area contributed by atoms with Crippen LogP contribution in [0.5, 0.6) is 0 Å². The highest BCUT2D eigenvalue weighted by atomic mass is 79.9. The van der Waals surface area contributed by atoms with Gasteiger partial charge >= 0.3 is 0 Å². The number of hydrogen-bond donors (Lipinski definition) is 0. The first-order valence-corrected chi connectivity index (χ1v) is 6.87. The Bertz CT molecular complexity index is 774. The molecule has 0 bridgehead atoms. The van der Waals surface area contributed by atoms with Gasteiger partial charge in [0.1, 0.15) is 5.15 Å². The summed E-state index contributed by atoms with van der Waals surface area (Å²) in [5.41, 5.74) is 2.80. The van der Waals surface area contributed by atoms with Crippen LogP contribution in [0.15, 0.2) is 41.0 Å². The third-order valence-corrected chi connectivity index (χ3v) is 3.88. The first-order valence-electron chi connectivity index (χ1n) is 5.70. The molecule has 3 aromatic rings. The van der Waals surface area contributed by atoms with E-state index in [1.807, 2.05) is 37.3 Å². The Morgan fingerprint density at radius 3 is 2.74 bits per heavy atom. The zero-order chi connectivity index (χ0) is 13.4. The molecule has 19 heavy (non-hydrogen) atoms. The van der Waals surface area contributed by atoms with Crippen LogP contribution in [0.3, 0.4) is 0 Å². The molecule has 0 saturated carbocycles. The third kappa shape index (κ3) is 2.33. The quantitative estimate of drug-likeness (QED) is 0.618. The second kappa shape index (κ2) is 4.87. The highest BCUT2D eigenvalue weighted by Crippen LogP contribution is 2.28. The third-order valence-electron chi connectivity index (χ3n) is 2.79. The average molecular weight is 335 g/mol. The first kappa shape index (κ1) is 12.5. The van der Waals surface area contributed by atoms with E-state index in [2.05, 4.69) is 30.9 Å². The van der Waals surface area contributed by atoms with Crippen LogP contribution in [0, 0.1) is 6.92 Å². The lowest BCUT2D eigenvalue weighted by Gasteiger charge is -2.07. The fraction of sp³-hybridized carbons (Fsp3) is 0.0714. The number of hydrogen-bond acceptors (Lipinski definition) is 3. The summed E-state index contributed by atoms with van der Waals surface area (Å²) in [5.74, 6) is 0.606. The van der Waals surface area contributed by atoms with Gasteiger partial charge in [0.15, 0.2) is 5.82 Å². The molecule has 2 heterocycles. The Morgan fingerprint density at radius 2 is 1.95 bits per heavy atom. The van der Waals surface area contributed by atoms with Gasteiger partial charge in [-0.25, -0.2) is 9.97 Å². The van der Waals surface area contributed by atoms with Crippen molar-refractivity contribution in [2.45, 2.75) is 6.92 Å². The van der Waals surface area contributed by atoms with E-state index in [4.69, 9.17) is 11.6 Å². The van der Waals surface area contributed by atoms with E-state index in [-0.39, 0.29) is 0 Å². The van der Waals surface area contributed by atoms with E-state index in [0.717, 1.165) is 22.2 Å². The first-order chi connectivity index (χ1) is 9.15. The molecule has 0 aliphatic rings. The average Bonchev–Trinajstić information content (AvgIpc) is 2.41. The molecule has 3 rings (SSSR count). The van der Waals surface area contributed by atoms with Gasteiger partial charge in [-0.3, -0.25) is 4.98 Å². The van der Waals surface area contributed by atoms with Crippen molar-refractivity contribution < 1.29 is 0 Å². The molecule has 0 saturated heterocycles. The van der Waals surface area contributed by atoms with Crippen LogP contribution in [-0.2, 0) is 0 Å². The number of fused-ring (bicyclic) bond motifs is 1. The fourth-order valence-corrected chi connectivity index (χ4v) is 2.29. The van der Waals surface area contributed by atoms with Gasteiger partial charge in [0.05, 0.1) is 9.99 Å². The zero-order valence-electron chi connectivity index (χ0n) is 10.1. The van der Waals surface area contributed by atoms with Crippen molar-refractivity contribution in [2.75, 3.05) is 0 Å². The maximum absolute atomic E-state index is 6.04. The Kier molecular flexibility index (Phi) is 3.21. The topological polar surface area (TPSA) is 38.7 Å². The van der Waals surface area contributed by atoms with Crippen LogP contribution in [0.4, 0.5) is 0 Å².